The molecule has 1 aliphatic heterocycles. The maximum Gasteiger partial charge on any atom is 0.317 e. The minimum Gasteiger partial charge on any atom is -0.378 e. The highest BCUT2D eigenvalue weighted by Gasteiger charge is 2.16. The van der Waals surface area contributed by atoms with Crippen molar-refractivity contribution in [2.75, 3.05) is 32.8 Å². The van der Waals surface area contributed by atoms with Gasteiger partial charge in [-0.3, -0.25) is 4.79 Å². The van der Waals surface area contributed by atoms with Crippen molar-refractivity contribution in [2.24, 2.45) is 0 Å². The van der Waals surface area contributed by atoms with Gasteiger partial charge >= 0.3 is 6.03 Å². The van der Waals surface area contributed by atoms with E-state index >= 15 is 0 Å². The topological polar surface area (TPSA) is 70.7 Å². The number of rotatable bonds is 4. The third-order valence-electron chi connectivity index (χ3n) is 2.38. The summed E-state index contributed by atoms with van der Waals surface area (Å²) < 4.78 is 5.15. The standard InChI is InChI=1S/C11H21N3O3/c1-9(2)13-10(15)3-4-12-11(16)14-5-7-17-8-6-14/h9H,3-8H2,1-2H3,(H,12,16)(H,13,15). The number of amides is 3. The van der Waals surface area contributed by atoms with Gasteiger partial charge in [-0.1, -0.05) is 0 Å². The van der Waals surface area contributed by atoms with Crippen molar-refractivity contribution in [3.05, 3.63) is 0 Å². The highest BCUT2D eigenvalue weighted by Crippen LogP contribution is 1.96. The summed E-state index contributed by atoms with van der Waals surface area (Å²) in [6.07, 6.45) is 0.314. The molecule has 1 saturated heterocycles. The lowest BCUT2D eigenvalue weighted by molar-refractivity contribution is -0.121. The van der Waals surface area contributed by atoms with Crippen LogP contribution in [0.1, 0.15) is 20.3 Å². The second-order valence-corrected chi connectivity index (χ2v) is 4.30. The van der Waals surface area contributed by atoms with Gasteiger partial charge in [-0.05, 0) is 13.8 Å². The summed E-state index contributed by atoms with van der Waals surface area (Å²) in [5.74, 6) is -0.0396. The second kappa shape index (κ2) is 7.11. The Balaban J connectivity index is 2.13. The average Bonchev–Trinajstić information content (AvgIpc) is 2.29. The van der Waals surface area contributed by atoms with Crippen molar-refractivity contribution < 1.29 is 14.3 Å². The lowest BCUT2D eigenvalue weighted by Crippen LogP contribution is -2.47. The molecule has 0 unspecified atom stereocenters. The number of carbonyl (C=O) groups is 2. The summed E-state index contributed by atoms with van der Waals surface area (Å²) in [5.41, 5.74) is 0. The summed E-state index contributed by atoms with van der Waals surface area (Å²) in [4.78, 5) is 24.6. The number of hydrogen-bond acceptors (Lipinski definition) is 3. The van der Waals surface area contributed by atoms with Crippen LogP contribution in [0.15, 0.2) is 0 Å². The Kier molecular flexibility index (Phi) is 5.76. The molecule has 0 aliphatic carbocycles. The van der Waals surface area contributed by atoms with Crippen LogP contribution in [0, 0.1) is 0 Å². The molecule has 0 aromatic carbocycles. The fraction of sp³-hybridized carbons (Fsp3) is 0.818. The quantitative estimate of drug-likeness (QED) is 0.727. The van der Waals surface area contributed by atoms with Gasteiger partial charge < -0.3 is 20.3 Å². The molecule has 6 heteroatoms. The van der Waals surface area contributed by atoms with Crippen molar-refractivity contribution in [3.8, 4) is 0 Å². The Labute approximate surface area is 102 Å². The summed E-state index contributed by atoms with van der Waals surface area (Å²) in [6.45, 7) is 6.58. The maximum absolute atomic E-state index is 11.6. The molecule has 1 aliphatic rings. The van der Waals surface area contributed by atoms with Gasteiger partial charge in [0.2, 0.25) is 5.91 Å². The number of urea groups is 1. The van der Waals surface area contributed by atoms with Crippen LogP contribution in [-0.4, -0.2) is 55.7 Å². The molecule has 0 aromatic rings. The molecule has 3 amide bonds. The number of morpholine rings is 1. The Morgan fingerprint density at radius 1 is 1.29 bits per heavy atom. The molecule has 0 saturated carbocycles. The molecule has 98 valence electrons. The Morgan fingerprint density at radius 3 is 2.53 bits per heavy atom. The van der Waals surface area contributed by atoms with Gasteiger partial charge in [0.1, 0.15) is 0 Å². The first-order valence-electron chi connectivity index (χ1n) is 5.99. The molecule has 0 spiro atoms. The number of ether oxygens (including phenoxy) is 1. The first-order valence-corrected chi connectivity index (χ1v) is 5.99. The molecular formula is C11H21N3O3. The fourth-order valence-electron chi connectivity index (χ4n) is 1.56. The predicted octanol–water partition coefficient (Wildman–Crippen LogP) is -0.0571. The first-order chi connectivity index (χ1) is 8.09. The van der Waals surface area contributed by atoms with Gasteiger partial charge in [-0.2, -0.15) is 0 Å². The van der Waals surface area contributed by atoms with E-state index in [0.29, 0.717) is 39.3 Å². The minimum atomic E-state index is -0.120. The normalized spacial score (nSPS) is 15.8. The molecule has 0 bridgehead atoms. The van der Waals surface area contributed by atoms with Crippen LogP contribution in [0.5, 0.6) is 0 Å². The Bertz CT molecular complexity index is 263. The van der Waals surface area contributed by atoms with Crippen LogP contribution in [0.2, 0.25) is 0 Å². The van der Waals surface area contributed by atoms with E-state index in [1.54, 1.807) is 4.90 Å². The summed E-state index contributed by atoms with van der Waals surface area (Å²) in [5, 5.41) is 5.50. The van der Waals surface area contributed by atoms with Gasteiger partial charge in [0.05, 0.1) is 13.2 Å². The van der Waals surface area contributed by atoms with Crippen molar-refractivity contribution in [1.29, 1.82) is 0 Å². The van der Waals surface area contributed by atoms with Crippen LogP contribution >= 0.6 is 0 Å². The van der Waals surface area contributed by atoms with E-state index in [0.717, 1.165) is 0 Å². The van der Waals surface area contributed by atoms with Gasteiger partial charge in [0.15, 0.2) is 0 Å². The SMILES string of the molecule is CC(C)NC(=O)CCNC(=O)N1CCOCC1. The zero-order valence-corrected chi connectivity index (χ0v) is 10.5. The first kappa shape index (κ1) is 13.8. The summed E-state index contributed by atoms with van der Waals surface area (Å²) >= 11 is 0. The van der Waals surface area contributed by atoms with Gasteiger partial charge in [-0.25, -0.2) is 4.79 Å². The van der Waals surface area contributed by atoms with E-state index in [9.17, 15) is 9.59 Å². The monoisotopic (exact) mass is 243 g/mol. The van der Waals surface area contributed by atoms with E-state index in [2.05, 4.69) is 10.6 Å². The molecule has 0 aromatic heterocycles. The van der Waals surface area contributed by atoms with E-state index < -0.39 is 0 Å². The molecule has 0 atom stereocenters. The fourth-order valence-corrected chi connectivity index (χ4v) is 1.56. The van der Waals surface area contributed by atoms with Crippen molar-refractivity contribution >= 4 is 11.9 Å². The molecule has 6 nitrogen and oxygen atoms in total. The van der Waals surface area contributed by atoms with Crippen molar-refractivity contribution in [1.82, 2.24) is 15.5 Å². The van der Waals surface area contributed by atoms with Gasteiger partial charge in [-0.15, -0.1) is 0 Å². The van der Waals surface area contributed by atoms with Crippen LogP contribution < -0.4 is 10.6 Å². The summed E-state index contributed by atoms with van der Waals surface area (Å²) in [6, 6.07) is 0.0168. The average molecular weight is 243 g/mol. The van der Waals surface area contributed by atoms with E-state index in [1.165, 1.54) is 0 Å². The Morgan fingerprint density at radius 2 is 1.94 bits per heavy atom. The third-order valence-corrected chi connectivity index (χ3v) is 2.38. The molecule has 1 rings (SSSR count). The number of hydrogen-bond donors (Lipinski definition) is 2. The Hall–Kier alpha value is -1.30. The zero-order chi connectivity index (χ0) is 12.7. The molecule has 17 heavy (non-hydrogen) atoms. The van der Waals surface area contributed by atoms with Gasteiger partial charge in [0.25, 0.3) is 0 Å². The van der Waals surface area contributed by atoms with Crippen LogP contribution in [0.4, 0.5) is 4.79 Å². The lowest BCUT2D eigenvalue weighted by Gasteiger charge is -2.26. The van der Waals surface area contributed by atoms with Crippen LogP contribution in [0.25, 0.3) is 0 Å². The smallest absolute Gasteiger partial charge is 0.317 e. The second-order valence-electron chi connectivity index (χ2n) is 4.30. The van der Waals surface area contributed by atoms with Crippen LogP contribution in [-0.2, 0) is 9.53 Å². The molecular weight excluding hydrogens is 222 g/mol. The third kappa shape index (κ3) is 5.53. The van der Waals surface area contributed by atoms with Crippen LogP contribution in [0.3, 0.4) is 0 Å². The van der Waals surface area contributed by atoms with Gasteiger partial charge in [0, 0.05) is 32.1 Å². The molecule has 1 fully saturated rings. The lowest BCUT2D eigenvalue weighted by atomic mass is 10.3. The van der Waals surface area contributed by atoms with Crippen molar-refractivity contribution in [3.63, 3.8) is 0 Å². The number of nitrogens with zero attached hydrogens (tertiary/aromatic N) is 1. The largest absolute Gasteiger partial charge is 0.378 e. The number of nitrogens with one attached hydrogen (secondary N) is 2. The van der Waals surface area contributed by atoms with E-state index in [1.807, 2.05) is 13.8 Å². The van der Waals surface area contributed by atoms with E-state index in [-0.39, 0.29) is 18.0 Å². The maximum atomic E-state index is 11.6. The molecule has 1 heterocycles. The zero-order valence-electron chi connectivity index (χ0n) is 10.5. The minimum absolute atomic E-state index is 0.0396. The molecule has 2 N–H and O–H groups in total. The highest BCUT2D eigenvalue weighted by molar-refractivity contribution is 5.78. The molecule has 0 radical (unpaired) electrons. The predicted molar refractivity (Wildman–Crippen MR) is 63.7 cm³/mol. The summed E-state index contributed by atoms with van der Waals surface area (Å²) in [7, 11) is 0. The van der Waals surface area contributed by atoms with Crippen molar-refractivity contribution in [2.45, 2.75) is 26.3 Å². The highest BCUT2D eigenvalue weighted by atomic mass is 16.5. The number of carbonyl (C=O) groups excluding carboxylic acids is 2. The van der Waals surface area contributed by atoms with E-state index in [4.69, 9.17) is 4.74 Å².